The van der Waals surface area contributed by atoms with Gasteiger partial charge in [0.15, 0.2) is 37.7 Å². The van der Waals surface area contributed by atoms with Crippen LogP contribution < -0.4 is 10.6 Å². The van der Waals surface area contributed by atoms with Crippen molar-refractivity contribution in [1.29, 1.82) is 0 Å². The van der Waals surface area contributed by atoms with Crippen LogP contribution in [0.5, 0.6) is 0 Å². The van der Waals surface area contributed by atoms with Crippen LogP contribution in [-0.2, 0) is 61.6 Å². The van der Waals surface area contributed by atoms with Gasteiger partial charge in [-0.2, -0.15) is 0 Å². The van der Waals surface area contributed by atoms with Gasteiger partial charge in [0, 0.05) is 22.1 Å². The summed E-state index contributed by atoms with van der Waals surface area (Å²) in [6.45, 7) is -5.89. The summed E-state index contributed by atoms with van der Waals surface area (Å²) in [5.41, 5.74) is 0.452. The van der Waals surface area contributed by atoms with Gasteiger partial charge in [-0.3, -0.25) is 9.59 Å². The maximum absolute atomic E-state index is 13.8. The van der Waals surface area contributed by atoms with Gasteiger partial charge in [-0.05, 0) is 59.7 Å². The number of hydrogen-bond acceptors (Lipinski definition) is 31. The molecule has 23 rings (SSSR count). The Kier molecular flexibility index (Phi) is 24.0. The molecular formula is C49H75IN2O31. The Hall–Kier alpha value is -2.27. The highest BCUT2D eigenvalue weighted by Crippen LogP contribution is 2.38. The van der Waals surface area contributed by atoms with Crippen molar-refractivity contribution in [2.45, 2.75) is 210 Å². The topological polar surface area (TPSA) is 513 Å². The normalized spacial score (nSPS) is 46.2. The van der Waals surface area contributed by atoms with Crippen molar-refractivity contribution in [3.8, 4) is 0 Å². The van der Waals surface area contributed by atoms with Crippen LogP contribution >= 0.6 is 22.6 Å². The number of unbranched alkanes of at least 4 members (excludes halogenated alkanes) is 2. The molecule has 22 aliphatic rings. The fourth-order valence-electron chi connectivity index (χ4n) is 10.9. The van der Waals surface area contributed by atoms with Crippen LogP contribution in [0.25, 0.3) is 0 Å². The smallest absolute Gasteiger partial charge is 0.251 e. The summed E-state index contributed by atoms with van der Waals surface area (Å²) in [7, 11) is 0. The van der Waals surface area contributed by atoms with Crippen LogP contribution in [0.15, 0.2) is 24.3 Å². The summed E-state index contributed by atoms with van der Waals surface area (Å²) in [6.07, 6.45) is -56.5. The lowest BCUT2D eigenvalue weighted by Gasteiger charge is -2.51. The quantitative estimate of drug-likeness (QED) is 0.0607. The van der Waals surface area contributed by atoms with Crippen LogP contribution in [-0.4, -0.2) is 329 Å². The Morgan fingerprint density at radius 1 is 0.373 bits per heavy atom. The van der Waals surface area contributed by atoms with Crippen molar-refractivity contribution >= 4 is 34.4 Å². The van der Waals surface area contributed by atoms with E-state index in [1.165, 1.54) is 0 Å². The fraction of sp³-hybridized carbons (Fsp3) is 0.837. The maximum Gasteiger partial charge on any atom is 0.251 e. The van der Waals surface area contributed by atoms with E-state index in [1.807, 2.05) is 0 Å². The molecule has 2 amide bonds. The minimum atomic E-state index is -2.20. The lowest BCUT2D eigenvalue weighted by Crippen LogP contribution is -2.70. The Labute approximate surface area is 486 Å². The molecular weight excluding hydrogens is 1240 g/mol. The van der Waals surface area contributed by atoms with Crippen LogP contribution in [0.4, 0.5) is 0 Å². The molecule has 0 aromatic heterocycles. The SMILES string of the molecule is O=C(CCCCCNC(=O)c1ccc(I)cc1)N[C@@H]1[C@@H](O)[C@H]2O[C@H]3[C@H](O)[C@@H](O)[C@@H](O[C@H]4[C@H](O)[C@@H](O)[C@@H](O[C@H]5[C@H](O)[C@@H](O)[C@@H](O[C@H]6[C@H](O)[C@@H](O)[C@@H](O[C@H]7[C@H](O)[C@@H](O)[C@@H](O[C@@H]1[C@@H](CO)O2)O[C@@H]7CO)O[C@@H]6CO)O[C@@H]5CO)O[C@@H]4CO)O[C@@H]3CO. The molecule has 22 aliphatic heterocycles. The number of benzene rings is 1. The lowest BCUT2D eigenvalue weighted by atomic mass is 9.93. The second-order valence-corrected chi connectivity index (χ2v) is 22.3. The van der Waals surface area contributed by atoms with E-state index in [9.17, 15) is 96.4 Å². The van der Waals surface area contributed by atoms with E-state index in [1.54, 1.807) is 24.3 Å². The molecule has 22 heterocycles. The molecule has 30 atom stereocenters. The molecule has 34 heteroatoms. The molecule has 33 nitrogen and oxygen atoms in total. The zero-order valence-corrected chi connectivity index (χ0v) is 46.3. The van der Waals surface area contributed by atoms with Crippen LogP contribution in [0.1, 0.15) is 36.0 Å². The zero-order valence-electron chi connectivity index (χ0n) is 44.1. The van der Waals surface area contributed by atoms with Crippen molar-refractivity contribution in [1.82, 2.24) is 10.6 Å². The summed E-state index contributed by atoms with van der Waals surface area (Å²) in [5.74, 6) is -1.04. The van der Waals surface area contributed by atoms with E-state index < -0.39 is 230 Å². The number of nitrogens with one attached hydrogen (secondary N) is 2. The number of carbonyl (C=O) groups is 2. The Morgan fingerprint density at radius 2 is 0.663 bits per heavy atom. The first-order valence-corrected chi connectivity index (χ1v) is 28.1. The molecule has 0 aliphatic carbocycles. The molecule has 474 valence electrons. The van der Waals surface area contributed by atoms with Gasteiger partial charge in [0.1, 0.15) is 140 Å². The molecule has 0 spiro atoms. The third-order valence-electron chi connectivity index (χ3n) is 15.5. The van der Waals surface area contributed by atoms with Gasteiger partial charge in [-0.15, -0.1) is 0 Å². The summed E-state index contributed by atoms with van der Waals surface area (Å²) >= 11 is 2.11. The van der Waals surface area contributed by atoms with E-state index in [0.717, 1.165) is 3.57 Å². The number of carbonyl (C=O) groups excluding carboxylic acids is 2. The van der Waals surface area contributed by atoms with Gasteiger partial charge in [0.2, 0.25) is 5.91 Å². The molecule has 0 radical (unpaired) electrons. The number of rotatable bonds is 14. The van der Waals surface area contributed by atoms with Gasteiger partial charge >= 0.3 is 0 Å². The molecule has 22 saturated heterocycles. The Bertz CT molecular complexity index is 2190. The molecule has 22 fully saturated rings. The van der Waals surface area contributed by atoms with Crippen molar-refractivity contribution in [3.05, 3.63) is 33.4 Å². The van der Waals surface area contributed by atoms with Crippen molar-refractivity contribution in [2.24, 2.45) is 0 Å². The van der Waals surface area contributed by atoms with Crippen molar-refractivity contribution in [2.75, 3.05) is 46.2 Å². The first-order chi connectivity index (χ1) is 39.7. The van der Waals surface area contributed by atoms with Gasteiger partial charge < -0.3 is 154 Å². The average molecular weight is 1320 g/mol. The molecule has 0 saturated carbocycles. The monoisotopic (exact) mass is 1310 g/mol. The van der Waals surface area contributed by atoms with E-state index in [4.69, 9.17) is 56.8 Å². The predicted octanol–water partition coefficient (Wildman–Crippen LogP) is -10.3. The van der Waals surface area contributed by atoms with E-state index >= 15 is 0 Å². The van der Waals surface area contributed by atoms with Gasteiger partial charge in [-0.1, -0.05) is 6.42 Å². The summed E-state index contributed by atoms with van der Waals surface area (Å²) < 4.78 is 70.7. The second kappa shape index (κ2) is 29.8. The maximum atomic E-state index is 13.8. The third-order valence-corrected chi connectivity index (χ3v) is 16.2. The van der Waals surface area contributed by atoms with Crippen molar-refractivity contribution < 1.29 is 153 Å². The summed E-state index contributed by atoms with van der Waals surface area (Å²) in [6, 6.07) is 5.16. The van der Waals surface area contributed by atoms with E-state index in [2.05, 4.69) is 33.2 Å². The number of ether oxygens (including phenoxy) is 12. The van der Waals surface area contributed by atoms with E-state index in [-0.39, 0.29) is 25.3 Å². The average Bonchev–Trinajstić information content (AvgIpc) is 3.23. The number of amides is 2. The van der Waals surface area contributed by atoms with Gasteiger partial charge in [-0.25, -0.2) is 0 Å². The molecule has 1 aromatic carbocycles. The molecule has 1 aromatic rings. The van der Waals surface area contributed by atoms with Crippen LogP contribution in [0, 0.1) is 3.57 Å². The third kappa shape index (κ3) is 14.7. The highest BCUT2D eigenvalue weighted by molar-refractivity contribution is 14.1. The molecule has 0 unspecified atom stereocenters. The lowest BCUT2D eigenvalue weighted by molar-refractivity contribution is -0.401. The van der Waals surface area contributed by atoms with Crippen LogP contribution in [0.3, 0.4) is 0 Å². The summed E-state index contributed by atoms with van der Waals surface area (Å²) in [5, 5.41) is 195. The highest BCUT2D eigenvalue weighted by atomic mass is 127. The van der Waals surface area contributed by atoms with Crippen molar-refractivity contribution in [3.63, 3.8) is 0 Å². The first-order valence-electron chi connectivity index (χ1n) is 27.0. The minimum Gasteiger partial charge on any atom is -0.394 e. The molecule has 19 N–H and O–H groups in total. The standard InChI is InChI=1S/C49H75IN2O31/c50-17-7-5-16(6-8-17)43(71)51-9-3-1-2-4-24(59)52-25-26(60)44-72-18(10-53)37(25)78-45-32(66)27(61)39(20(12-55)73-45)80-47-34(68)29(63)41(22(14-57)75-47)82-49-36(70)31(65)42(23(15-58)77-49)83-48-35(69)30(64)40(21(13-56)76-48)81-46-33(67)28(62)38(79-44)19(11-54)74-46/h5-8,18-23,25-42,44-49,53-58,60-70H,1-4,9-15H2,(H,51,71)(H,52,59)/t18-,19-,20-,21-,22-,23-,25-,26-,27-,28-,29-,30-,31-,32-,33-,34-,35-,36-,37-,38-,39-,40-,41-,42-,44-,45-,46-,47-,48-,49-/m1/s1. The Morgan fingerprint density at radius 3 is 0.976 bits per heavy atom. The highest BCUT2D eigenvalue weighted by Gasteiger charge is 2.59. The first kappa shape index (κ1) is 66.7. The number of aliphatic hydroxyl groups is 17. The van der Waals surface area contributed by atoms with Gasteiger partial charge in [0.25, 0.3) is 5.91 Å². The second-order valence-electron chi connectivity index (χ2n) is 21.0. The predicted molar refractivity (Wildman–Crippen MR) is 272 cm³/mol. The van der Waals surface area contributed by atoms with Gasteiger partial charge in [0.05, 0.1) is 45.7 Å². The van der Waals surface area contributed by atoms with Crippen LogP contribution in [0.2, 0.25) is 0 Å². The zero-order chi connectivity index (χ0) is 60.1. The summed E-state index contributed by atoms with van der Waals surface area (Å²) in [4.78, 5) is 26.4. The van der Waals surface area contributed by atoms with E-state index in [0.29, 0.717) is 18.4 Å². The largest absolute Gasteiger partial charge is 0.394 e. The number of halogens is 1. The minimum absolute atomic E-state index is 0.208. The fourth-order valence-corrected chi connectivity index (χ4v) is 11.2. The Balaban J connectivity index is 1.06. The molecule has 83 heavy (non-hydrogen) atoms. The number of aliphatic hydroxyl groups excluding tert-OH is 17. The molecule has 12 bridgehead atoms. The number of hydrogen-bond donors (Lipinski definition) is 19.